The third-order valence-corrected chi connectivity index (χ3v) is 3.39. The van der Waals surface area contributed by atoms with Gasteiger partial charge in [-0.2, -0.15) is 0 Å². The van der Waals surface area contributed by atoms with E-state index >= 15 is 0 Å². The number of hydrogen-bond acceptors (Lipinski definition) is 2. The first-order chi connectivity index (χ1) is 9.25. The number of carboxylic acids is 1. The van der Waals surface area contributed by atoms with E-state index in [1.807, 2.05) is 0 Å². The molecule has 0 radical (unpaired) electrons. The summed E-state index contributed by atoms with van der Waals surface area (Å²) in [6.45, 7) is 11.2. The molecule has 0 spiro atoms. The van der Waals surface area contributed by atoms with Gasteiger partial charge in [0.25, 0.3) is 0 Å². The third-order valence-electron chi connectivity index (χ3n) is 3.39. The van der Waals surface area contributed by atoms with Gasteiger partial charge < -0.3 is 14.9 Å². The van der Waals surface area contributed by atoms with Gasteiger partial charge in [-0.15, -0.1) is 6.58 Å². The molecule has 0 saturated heterocycles. The highest BCUT2D eigenvalue weighted by Gasteiger charge is 2.26. The average Bonchev–Trinajstić information content (AvgIpc) is 2.36. The summed E-state index contributed by atoms with van der Waals surface area (Å²) in [7, 11) is 0. The molecule has 1 rings (SSSR count). The molecule has 0 saturated carbocycles. The molecule has 2 amide bonds. The average molecular weight is 280 g/mol. The Morgan fingerprint density at radius 3 is 2.55 bits per heavy atom. The standard InChI is InChI=1S/C15H24N2O3/c1-5-8-17(11-13(18)19)14(20)16-9-6-12(7-10-16)15(2,3)4/h5-6H,1,7-11H2,2-4H3,(H,18,19). The molecule has 0 atom stereocenters. The number of carbonyl (C=O) groups excluding carboxylic acids is 1. The quantitative estimate of drug-likeness (QED) is 0.804. The van der Waals surface area contributed by atoms with Gasteiger partial charge in [-0.1, -0.05) is 38.5 Å². The Hall–Kier alpha value is -1.78. The van der Waals surface area contributed by atoms with Crippen LogP contribution in [-0.2, 0) is 4.79 Å². The van der Waals surface area contributed by atoms with Gasteiger partial charge in [-0.3, -0.25) is 4.79 Å². The van der Waals surface area contributed by atoms with Gasteiger partial charge >= 0.3 is 12.0 Å². The lowest BCUT2D eigenvalue weighted by Crippen LogP contribution is -2.47. The van der Waals surface area contributed by atoms with Gasteiger partial charge in [0.2, 0.25) is 0 Å². The molecule has 5 heteroatoms. The zero-order valence-corrected chi connectivity index (χ0v) is 12.6. The van der Waals surface area contributed by atoms with Crippen molar-refractivity contribution in [2.24, 2.45) is 5.41 Å². The highest BCUT2D eigenvalue weighted by atomic mass is 16.4. The van der Waals surface area contributed by atoms with Crippen LogP contribution in [0.4, 0.5) is 4.79 Å². The summed E-state index contributed by atoms with van der Waals surface area (Å²) in [5.41, 5.74) is 1.46. The number of aliphatic carboxylic acids is 1. The van der Waals surface area contributed by atoms with E-state index in [0.717, 1.165) is 6.42 Å². The number of urea groups is 1. The molecule has 20 heavy (non-hydrogen) atoms. The van der Waals surface area contributed by atoms with Crippen LogP contribution in [0.5, 0.6) is 0 Å². The van der Waals surface area contributed by atoms with Gasteiger partial charge in [-0.25, -0.2) is 4.79 Å². The third kappa shape index (κ3) is 4.40. The number of carbonyl (C=O) groups is 2. The predicted molar refractivity (Wildman–Crippen MR) is 78.5 cm³/mol. The monoisotopic (exact) mass is 280 g/mol. The fraction of sp³-hybridized carbons (Fsp3) is 0.600. The molecule has 112 valence electrons. The molecule has 0 aliphatic carbocycles. The van der Waals surface area contributed by atoms with Crippen LogP contribution >= 0.6 is 0 Å². The summed E-state index contributed by atoms with van der Waals surface area (Å²) >= 11 is 0. The highest BCUT2D eigenvalue weighted by Crippen LogP contribution is 2.30. The van der Waals surface area contributed by atoms with E-state index in [0.29, 0.717) is 13.1 Å². The maximum absolute atomic E-state index is 12.3. The number of rotatable bonds is 4. The summed E-state index contributed by atoms with van der Waals surface area (Å²) in [5.74, 6) is -1.01. The van der Waals surface area contributed by atoms with Crippen molar-refractivity contribution in [3.8, 4) is 0 Å². The topological polar surface area (TPSA) is 60.9 Å². The van der Waals surface area contributed by atoms with Crippen molar-refractivity contribution in [3.63, 3.8) is 0 Å². The van der Waals surface area contributed by atoms with Gasteiger partial charge in [0, 0.05) is 19.6 Å². The molecule has 0 bridgehead atoms. The van der Waals surface area contributed by atoms with E-state index in [4.69, 9.17) is 5.11 Å². The normalized spacial score (nSPS) is 15.6. The second-order valence-electron chi connectivity index (χ2n) is 6.02. The summed E-state index contributed by atoms with van der Waals surface area (Å²) in [6, 6.07) is -0.239. The maximum atomic E-state index is 12.3. The Balaban J connectivity index is 2.71. The summed E-state index contributed by atoms with van der Waals surface area (Å²) in [6.07, 6.45) is 4.46. The molecule has 0 aromatic rings. The van der Waals surface area contributed by atoms with Crippen molar-refractivity contribution in [3.05, 3.63) is 24.3 Å². The highest BCUT2D eigenvalue weighted by molar-refractivity contribution is 5.80. The van der Waals surface area contributed by atoms with E-state index in [1.54, 1.807) is 11.0 Å². The summed E-state index contributed by atoms with van der Waals surface area (Å²) < 4.78 is 0. The Morgan fingerprint density at radius 1 is 1.50 bits per heavy atom. The SMILES string of the molecule is C=CCN(CC(=O)O)C(=O)N1CC=C(C(C)(C)C)CC1. The molecular weight excluding hydrogens is 256 g/mol. The fourth-order valence-corrected chi connectivity index (χ4v) is 2.25. The van der Waals surface area contributed by atoms with Crippen LogP contribution in [0.3, 0.4) is 0 Å². The van der Waals surface area contributed by atoms with Crippen molar-refractivity contribution >= 4 is 12.0 Å². The Labute approximate surface area is 120 Å². The summed E-state index contributed by atoms with van der Waals surface area (Å²) in [4.78, 5) is 26.1. The van der Waals surface area contributed by atoms with Crippen LogP contribution in [-0.4, -0.2) is 53.1 Å². The second kappa shape index (κ2) is 6.59. The van der Waals surface area contributed by atoms with E-state index in [1.165, 1.54) is 10.5 Å². The maximum Gasteiger partial charge on any atom is 0.323 e. The van der Waals surface area contributed by atoms with Gasteiger partial charge in [0.15, 0.2) is 0 Å². The molecule has 0 aromatic heterocycles. The largest absolute Gasteiger partial charge is 0.480 e. The predicted octanol–water partition coefficient (Wildman–Crippen LogP) is 2.36. The lowest BCUT2D eigenvalue weighted by atomic mass is 9.83. The minimum absolute atomic E-state index is 0.122. The molecule has 1 N–H and O–H groups in total. The molecule has 1 aliphatic rings. The lowest BCUT2D eigenvalue weighted by molar-refractivity contribution is -0.137. The van der Waals surface area contributed by atoms with Crippen LogP contribution in [0.15, 0.2) is 24.3 Å². The first-order valence-electron chi connectivity index (χ1n) is 6.81. The van der Waals surface area contributed by atoms with E-state index in [9.17, 15) is 9.59 Å². The van der Waals surface area contributed by atoms with Gasteiger partial charge in [0.05, 0.1) is 0 Å². The van der Waals surface area contributed by atoms with Gasteiger partial charge in [0.1, 0.15) is 6.54 Å². The minimum Gasteiger partial charge on any atom is -0.480 e. The number of hydrogen-bond donors (Lipinski definition) is 1. The minimum atomic E-state index is -1.01. The smallest absolute Gasteiger partial charge is 0.323 e. The van der Waals surface area contributed by atoms with E-state index in [2.05, 4.69) is 33.4 Å². The van der Waals surface area contributed by atoms with Crippen LogP contribution in [0.25, 0.3) is 0 Å². The first kappa shape index (κ1) is 16.3. The van der Waals surface area contributed by atoms with Crippen molar-refractivity contribution in [1.82, 2.24) is 9.80 Å². The second-order valence-corrected chi connectivity index (χ2v) is 6.02. The molecule has 0 unspecified atom stereocenters. The lowest BCUT2D eigenvalue weighted by Gasteiger charge is -2.34. The Kier molecular flexibility index (Phi) is 5.36. The first-order valence-corrected chi connectivity index (χ1v) is 6.81. The van der Waals surface area contributed by atoms with Crippen molar-refractivity contribution in [2.75, 3.05) is 26.2 Å². The van der Waals surface area contributed by atoms with Crippen molar-refractivity contribution < 1.29 is 14.7 Å². The molecule has 5 nitrogen and oxygen atoms in total. The zero-order chi connectivity index (χ0) is 15.3. The molecule has 0 fully saturated rings. The zero-order valence-electron chi connectivity index (χ0n) is 12.6. The van der Waals surface area contributed by atoms with Crippen LogP contribution in [0, 0.1) is 5.41 Å². The molecule has 0 aromatic carbocycles. The van der Waals surface area contributed by atoms with Crippen LogP contribution < -0.4 is 0 Å². The Morgan fingerprint density at radius 2 is 2.15 bits per heavy atom. The molecular formula is C15H24N2O3. The van der Waals surface area contributed by atoms with Crippen molar-refractivity contribution in [2.45, 2.75) is 27.2 Å². The van der Waals surface area contributed by atoms with E-state index < -0.39 is 5.97 Å². The van der Waals surface area contributed by atoms with Crippen LogP contribution in [0.2, 0.25) is 0 Å². The van der Waals surface area contributed by atoms with Crippen LogP contribution in [0.1, 0.15) is 27.2 Å². The number of amides is 2. The number of nitrogens with zero attached hydrogens (tertiary/aromatic N) is 2. The molecule has 1 aliphatic heterocycles. The summed E-state index contributed by atoms with van der Waals surface area (Å²) in [5, 5.41) is 8.85. The number of carboxylic acid groups (broad SMARTS) is 1. The Bertz CT molecular complexity index is 421. The van der Waals surface area contributed by atoms with Gasteiger partial charge in [-0.05, 0) is 11.8 Å². The van der Waals surface area contributed by atoms with E-state index in [-0.39, 0.29) is 24.5 Å². The fourth-order valence-electron chi connectivity index (χ4n) is 2.25. The van der Waals surface area contributed by atoms with Crippen molar-refractivity contribution in [1.29, 1.82) is 0 Å². The molecule has 1 heterocycles.